The van der Waals surface area contributed by atoms with Gasteiger partial charge in [0.2, 0.25) is 0 Å². The highest BCUT2D eigenvalue weighted by molar-refractivity contribution is 5.81. The predicted molar refractivity (Wildman–Crippen MR) is 46.8 cm³/mol. The number of rotatable bonds is 4. The largest absolute Gasteiger partial charge is 0.461 e. The molecule has 68 valence electrons. The minimum atomic E-state index is -0.325. The Morgan fingerprint density at radius 2 is 2.17 bits per heavy atom. The van der Waals surface area contributed by atoms with Gasteiger partial charge in [-0.05, 0) is 25.9 Å². The first-order valence-electron chi connectivity index (χ1n) is 4.34. The Hall–Kier alpha value is -0.830. The van der Waals surface area contributed by atoms with Crippen molar-refractivity contribution in [3.05, 3.63) is 12.7 Å². The summed E-state index contributed by atoms with van der Waals surface area (Å²) in [6.45, 7) is 6.96. The zero-order chi connectivity index (χ0) is 8.81. The number of hydrogen-bond donors (Lipinski definition) is 0. The van der Waals surface area contributed by atoms with Crippen molar-refractivity contribution >= 4 is 5.97 Å². The molecule has 3 heteroatoms. The second kappa shape index (κ2) is 4.93. The van der Waals surface area contributed by atoms with Crippen LogP contribution >= 0.6 is 0 Å². The summed E-state index contributed by atoms with van der Waals surface area (Å²) in [5, 5.41) is 0. The van der Waals surface area contributed by atoms with Gasteiger partial charge in [0, 0.05) is 12.6 Å². The van der Waals surface area contributed by atoms with Crippen LogP contribution in [0.1, 0.15) is 12.8 Å². The van der Waals surface area contributed by atoms with E-state index in [1.807, 2.05) is 0 Å². The molecule has 0 N–H and O–H groups in total. The SMILES string of the molecule is C=CC(=O)OCCN1CCCC1. The maximum absolute atomic E-state index is 10.6. The van der Waals surface area contributed by atoms with Gasteiger partial charge in [-0.2, -0.15) is 0 Å². The monoisotopic (exact) mass is 169 g/mol. The van der Waals surface area contributed by atoms with Crippen LogP contribution in [-0.2, 0) is 9.53 Å². The summed E-state index contributed by atoms with van der Waals surface area (Å²) in [6, 6.07) is 0. The van der Waals surface area contributed by atoms with Crippen LogP contribution in [0.25, 0.3) is 0 Å². The highest BCUT2D eigenvalue weighted by Gasteiger charge is 2.10. The molecule has 1 rings (SSSR count). The predicted octanol–water partition coefficient (Wildman–Crippen LogP) is 0.811. The van der Waals surface area contributed by atoms with Crippen LogP contribution in [0.4, 0.5) is 0 Å². The number of carbonyl (C=O) groups excluding carboxylic acids is 1. The van der Waals surface area contributed by atoms with E-state index in [-0.39, 0.29) is 5.97 Å². The zero-order valence-corrected chi connectivity index (χ0v) is 7.29. The van der Waals surface area contributed by atoms with E-state index >= 15 is 0 Å². The van der Waals surface area contributed by atoms with E-state index in [1.165, 1.54) is 18.9 Å². The molecule has 0 amide bonds. The van der Waals surface area contributed by atoms with E-state index in [0.29, 0.717) is 6.61 Å². The molecule has 0 aliphatic carbocycles. The van der Waals surface area contributed by atoms with Gasteiger partial charge in [-0.15, -0.1) is 0 Å². The average Bonchev–Trinajstić information content (AvgIpc) is 2.57. The number of esters is 1. The molecule has 12 heavy (non-hydrogen) atoms. The van der Waals surface area contributed by atoms with Gasteiger partial charge in [-0.3, -0.25) is 4.90 Å². The molecule has 1 heterocycles. The van der Waals surface area contributed by atoms with Crippen molar-refractivity contribution in [2.75, 3.05) is 26.2 Å². The molecule has 0 unspecified atom stereocenters. The van der Waals surface area contributed by atoms with E-state index in [0.717, 1.165) is 19.6 Å². The maximum atomic E-state index is 10.6. The van der Waals surface area contributed by atoms with Crippen molar-refractivity contribution in [2.45, 2.75) is 12.8 Å². The molecule has 0 atom stereocenters. The molecule has 0 spiro atoms. The lowest BCUT2D eigenvalue weighted by Crippen LogP contribution is -2.24. The number of nitrogens with zero attached hydrogens (tertiary/aromatic N) is 1. The molecule has 1 fully saturated rings. The molecule has 0 aromatic rings. The number of hydrogen-bond acceptors (Lipinski definition) is 3. The smallest absolute Gasteiger partial charge is 0.330 e. The molecular weight excluding hydrogens is 154 g/mol. The Balaban J connectivity index is 2.01. The van der Waals surface area contributed by atoms with E-state index in [1.54, 1.807) is 0 Å². The van der Waals surface area contributed by atoms with Gasteiger partial charge in [0.05, 0.1) is 0 Å². The molecule has 0 saturated carbocycles. The average molecular weight is 169 g/mol. The van der Waals surface area contributed by atoms with E-state index in [9.17, 15) is 4.79 Å². The van der Waals surface area contributed by atoms with Crippen LogP contribution in [0.2, 0.25) is 0 Å². The van der Waals surface area contributed by atoms with Crippen LogP contribution in [0.5, 0.6) is 0 Å². The van der Waals surface area contributed by atoms with Gasteiger partial charge in [0.1, 0.15) is 6.61 Å². The number of likely N-dealkylation sites (tertiary alicyclic amines) is 1. The summed E-state index contributed by atoms with van der Waals surface area (Å²) >= 11 is 0. The Labute approximate surface area is 73.0 Å². The van der Waals surface area contributed by atoms with Crippen LogP contribution in [0.15, 0.2) is 12.7 Å². The lowest BCUT2D eigenvalue weighted by molar-refractivity contribution is -0.138. The van der Waals surface area contributed by atoms with E-state index < -0.39 is 0 Å². The van der Waals surface area contributed by atoms with Crippen molar-refractivity contribution in [2.24, 2.45) is 0 Å². The Kier molecular flexibility index (Phi) is 3.80. The highest BCUT2D eigenvalue weighted by atomic mass is 16.5. The molecule has 1 saturated heterocycles. The third-order valence-electron chi connectivity index (χ3n) is 2.02. The highest BCUT2D eigenvalue weighted by Crippen LogP contribution is 2.05. The normalized spacial score (nSPS) is 17.7. The molecule has 3 nitrogen and oxygen atoms in total. The lowest BCUT2D eigenvalue weighted by Gasteiger charge is -2.13. The summed E-state index contributed by atoms with van der Waals surface area (Å²) in [5.74, 6) is -0.325. The van der Waals surface area contributed by atoms with Gasteiger partial charge in [-0.1, -0.05) is 6.58 Å². The quantitative estimate of drug-likeness (QED) is 0.461. The van der Waals surface area contributed by atoms with Gasteiger partial charge in [-0.25, -0.2) is 4.79 Å². The van der Waals surface area contributed by atoms with Crippen LogP contribution < -0.4 is 0 Å². The molecular formula is C9H15NO2. The number of ether oxygens (including phenoxy) is 1. The first-order chi connectivity index (χ1) is 5.83. The summed E-state index contributed by atoms with van der Waals surface area (Å²) in [6.07, 6.45) is 3.74. The van der Waals surface area contributed by atoms with Gasteiger partial charge in [0.15, 0.2) is 0 Å². The Bertz CT molecular complexity index is 162. The van der Waals surface area contributed by atoms with Crippen LogP contribution in [-0.4, -0.2) is 37.1 Å². The van der Waals surface area contributed by atoms with Crippen molar-refractivity contribution < 1.29 is 9.53 Å². The van der Waals surface area contributed by atoms with Crippen molar-refractivity contribution in [1.29, 1.82) is 0 Å². The molecule has 0 aromatic heterocycles. The molecule has 1 aliphatic heterocycles. The van der Waals surface area contributed by atoms with Gasteiger partial charge in [0.25, 0.3) is 0 Å². The summed E-state index contributed by atoms with van der Waals surface area (Å²) in [5.41, 5.74) is 0. The molecule has 0 aromatic carbocycles. The second-order valence-corrected chi connectivity index (χ2v) is 2.92. The van der Waals surface area contributed by atoms with Crippen molar-refractivity contribution in [1.82, 2.24) is 4.90 Å². The Morgan fingerprint density at radius 1 is 1.50 bits per heavy atom. The van der Waals surface area contributed by atoms with Gasteiger partial charge >= 0.3 is 5.97 Å². The fraction of sp³-hybridized carbons (Fsp3) is 0.667. The minimum Gasteiger partial charge on any atom is -0.461 e. The molecule has 1 aliphatic rings. The first kappa shape index (κ1) is 9.26. The third kappa shape index (κ3) is 3.05. The first-order valence-corrected chi connectivity index (χ1v) is 4.34. The Morgan fingerprint density at radius 3 is 2.75 bits per heavy atom. The van der Waals surface area contributed by atoms with E-state index in [4.69, 9.17) is 4.74 Å². The fourth-order valence-electron chi connectivity index (χ4n) is 1.34. The molecule has 0 bridgehead atoms. The summed E-state index contributed by atoms with van der Waals surface area (Å²) in [7, 11) is 0. The van der Waals surface area contributed by atoms with E-state index in [2.05, 4.69) is 11.5 Å². The fourth-order valence-corrected chi connectivity index (χ4v) is 1.34. The number of carbonyl (C=O) groups is 1. The second-order valence-electron chi connectivity index (χ2n) is 2.92. The summed E-state index contributed by atoms with van der Waals surface area (Å²) in [4.78, 5) is 12.9. The van der Waals surface area contributed by atoms with Crippen LogP contribution in [0, 0.1) is 0 Å². The topological polar surface area (TPSA) is 29.5 Å². The third-order valence-corrected chi connectivity index (χ3v) is 2.02. The summed E-state index contributed by atoms with van der Waals surface area (Å²) < 4.78 is 4.85. The van der Waals surface area contributed by atoms with Gasteiger partial charge < -0.3 is 4.74 Å². The lowest BCUT2D eigenvalue weighted by atomic mass is 10.4. The zero-order valence-electron chi connectivity index (χ0n) is 7.29. The minimum absolute atomic E-state index is 0.325. The standard InChI is InChI=1S/C9H15NO2/c1-2-9(11)12-8-7-10-5-3-4-6-10/h2H,1,3-8H2. The van der Waals surface area contributed by atoms with Crippen LogP contribution in [0.3, 0.4) is 0 Å². The maximum Gasteiger partial charge on any atom is 0.330 e. The van der Waals surface area contributed by atoms with Crippen molar-refractivity contribution in [3.63, 3.8) is 0 Å². The van der Waals surface area contributed by atoms with Crippen molar-refractivity contribution in [3.8, 4) is 0 Å². The molecule has 0 radical (unpaired) electrons.